The molecule has 7 rings (SSSR count). The van der Waals surface area contributed by atoms with E-state index in [0.717, 1.165) is 28.7 Å². The van der Waals surface area contributed by atoms with Crippen molar-refractivity contribution in [1.82, 2.24) is 0 Å². The average molecular weight is 581 g/mol. The van der Waals surface area contributed by atoms with E-state index in [4.69, 9.17) is 18.8 Å². The predicted molar refractivity (Wildman–Crippen MR) is 174 cm³/mol. The van der Waals surface area contributed by atoms with Crippen molar-refractivity contribution in [3.63, 3.8) is 0 Å². The Morgan fingerprint density at radius 2 is 0.818 bits per heavy atom. The maximum atomic E-state index is 7.24. The molecule has 1 saturated carbocycles. The summed E-state index contributed by atoms with van der Waals surface area (Å²) in [6.45, 7) is 0. The molecule has 5 aromatic rings. The van der Waals surface area contributed by atoms with Crippen LogP contribution in [0.25, 0.3) is 0 Å². The lowest BCUT2D eigenvalue weighted by Crippen LogP contribution is -2.56. The molecule has 4 atom stereocenters. The van der Waals surface area contributed by atoms with Gasteiger partial charge in [0.25, 0.3) is 0 Å². The van der Waals surface area contributed by atoms with Crippen molar-refractivity contribution in [3.05, 3.63) is 179 Å². The summed E-state index contributed by atoms with van der Waals surface area (Å²) in [6, 6.07) is 52.2. The fourth-order valence-corrected chi connectivity index (χ4v) is 7.32. The molecular weight excluding hydrogens is 543 g/mol. The molecule has 1 aliphatic carbocycles. The van der Waals surface area contributed by atoms with E-state index in [-0.39, 0.29) is 5.82 Å². The van der Waals surface area contributed by atoms with Crippen LogP contribution in [0, 0.1) is 0 Å². The van der Waals surface area contributed by atoms with Gasteiger partial charge in [0, 0.05) is 20.0 Å². The van der Waals surface area contributed by atoms with E-state index in [9.17, 15) is 0 Å². The van der Waals surface area contributed by atoms with Crippen molar-refractivity contribution in [1.29, 1.82) is 0 Å². The summed E-state index contributed by atoms with van der Waals surface area (Å²) < 4.78 is 27.9. The second-order valence-electron chi connectivity index (χ2n) is 11.7. The average Bonchev–Trinajstić information content (AvgIpc) is 3.80. The van der Waals surface area contributed by atoms with Gasteiger partial charge in [0.1, 0.15) is 23.4 Å². The monoisotopic (exact) mass is 580 g/mol. The molecule has 1 aliphatic heterocycles. The summed E-state index contributed by atoms with van der Waals surface area (Å²) in [5.74, 6) is 0.587. The number of hydrogen-bond acceptors (Lipinski definition) is 4. The topological polar surface area (TPSA) is 36.9 Å². The third-order valence-electron chi connectivity index (χ3n) is 9.51. The zero-order valence-corrected chi connectivity index (χ0v) is 25.2. The van der Waals surface area contributed by atoms with E-state index in [1.165, 1.54) is 5.56 Å². The second kappa shape index (κ2) is 12.2. The highest BCUT2D eigenvalue weighted by atomic mass is 16.7. The van der Waals surface area contributed by atoms with Gasteiger partial charge in [-0.1, -0.05) is 152 Å². The van der Waals surface area contributed by atoms with E-state index in [1.54, 1.807) is 14.2 Å². The molecule has 0 radical (unpaired) electrons. The van der Waals surface area contributed by atoms with Gasteiger partial charge >= 0.3 is 7.12 Å². The Morgan fingerprint density at radius 3 is 1.14 bits per heavy atom. The van der Waals surface area contributed by atoms with Crippen LogP contribution in [0.2, 0.25) is 5.82 Å². The molecule has 2 fully saturated rings. The van der Waals surface area contributed by atoms with Crippen LogP contribution in [0.5, 0.6) is 0 Å². The Labute approximate surface area is 260 Å². The first kappa shape index (κ1) is 28.8. The van der Waals surface area contributed by atoms with Crippen LogP contribution in [0.3, 0.4) is 0 Å². The van der Waals surface area contributed by atoms with Crippen LogP contribution in [0.1, 0.15) is 40.2 Å². The van der Waals surface area contributed by atoms with Crippen molar-refractivity contribution in [2.75, 3.05) is 14.2 Å². The molecule has 0 aromatic heterocycles. The van der Waals surface area contributed by atoms with Gasteiger partial charge in [0.2, 0.25) is 0 Å². The summed E-state index contributed by atoms with van der Waals surface area (Å²) >= 11 is 0. The van der Waals surface area contributed by atoms with Crippen LogP contribution in [-0.2, 0) is 30.0 Å². The molecule has 0 spiro atoms. The highest BCUT2D eigenvalue weighted by Crippen LogP contribution is 2.59. The summed E-state index contributed by atoms with van der Waals surface area (Å²) in [5, 5.41) is 0. The highest BCUT2D eigenvalue weighted by Gasteiger charge is 2.65. The highest BCUT2D eigenvalue weighted by molar-refractivity contribution is 6.48. The summed E-state index contributed by atoms with van der Waals surface area (Å²) in [6.07, 6.45) is -0.138. The zero-order chi connectivity index (χ0) is 30.0. The summed E-state index contributed by atoms with van der Waals surface area (Å²) in [5.41, 5.74) is 3.31. The van der Waals surface area contributed by atoms with Gasteiger partial charge in [0.15, 0.2) is 0 Å². The fraction of sp³-hybridized carbons (Fsp3) is 0.231. The number of ether oxygens (including phenoxy) is 2. The molecule has 44 heavy (non-hydrogen) atoms. The van der Waals surface area contributed by atoms with Crippen molar-refractivity contribution in [3.8, 4) is 0 Å². The molecule has 5 aromatic carbocycles. The lowest BCUT2D eigenvalue weighted by molar-refractivity contribution is -0.136. The fourth-order valence-electron chi connectivity index (χ4n) is 7.32. The van der Waals surface area contributed by atoms with E-state index < -0.39 is 30.5 Å². The van der Waals surface area contributed by atoms with Crippen LogP contribution < -0.4 is 0 Å². The molecule has 0 unspecified atom stereocenters. The molecule has 0 bridgehead atoms. The van der Waals surface area contributed by atoms with Gasteiger partial charge in [-0.3, -0.25) is 0 Å². The van der Waals surface area contributed by atoms with Crippen LogP contribution in [0.15, 0.2) is 152 Å². The molecule has 5 heteroatoms. The number of methoxy groups -OCH3 is 2. The Morgan fingerprint density at radius 1 is 0.500 bits per heavy atom. The van der Waals surface area contributed by atoms with E-state index in [1.807, 2.05) is 24.3 Å². The molecule has 2 aliphatic rings. The second-order valence-corrected chi connectivity index (χ2v) is 11.7. The Hall–Kier alpha value is -4.00. The summed E-state index contributed by atoms with van der Waals surface area (Å²) in [7, 11) is 3.10. The molecule has 0 amide bonds. The normalized spacial score (nSPS) is 21.7. The SMILES string of the molecule is COC(c1ccccc1)(c1ccccc1)[C@@H]1OB([C@H]2C[C@@H]2c2ccccc2)O[C@H]1C(OC)(c1ccccc1)c1ccccc1. The van der Waals surface area contributed by atoms with Gasteiger partial charge < -0.3 is 18.8 Å². The lowest BCUT2D eigenvalue weighted by atomic mass is 9.71. The van der Waals surface area contributed by atoms with Crippen LogP contribution in [0.4, 0.5) is 0 Å². The van der Waals surface area contributed by atoms with Crippen molar-refractivity contribution in [2.45, 2.75) is 41.6 Å². The molecule has 4 nitrogen and oxygen atoms in total. The molecule has 0 N–H and O–H groups in total. The third kappa shape index (κ3) is 4.81. The maximum Gasteiger partial charge on any atom is 0.461 e. The maximum absolute atomic E-state index is 7.24. The lowest BCUT2D eigenvalue weighted by Gasteiger charge is -2.47. The minimum Gasteiger partial charge on any atom is -0.402 e. The molecule has 1 saturated heterocycles. The largest absolute Gasteiger partial charge is 0.461 e. The Kier molecular flexibility index (Phi) is 7.96. The van der Waals surface area contributed by atoms with Crippen molar-refractivity contribution >= 4 is 7.12 Å². The van der Waals surface area contributed by atoms with Gasteiger partial charge in [-0.05, 0) is 40.2 Å². The van der Waals surface area contributed by atoms with Gasteiger partial charge in [-0.2, -0.15) is 0 Å². The third-order valence-corrected chi connectivity index (χ3v) is 9.51. The smallest absolute Gasteiger partial charge is 0.402 e. The zero-order valence-electron chi connectivity index (χ0n) is 25.2. The van der Waals surface area contributed by atoms with Gasteiger partial charge in [-0.25, -0.2) is 0 Å². The molecular formula is C39H37BO4. The first-order valence-corrected chi connectivity index (χ1v) is 15.4. The number of hydrogen-bond donors (Lipinski definition) is 0. The van der Waals surface area contributed by atoms with E-state index >= 15 is 0 Å². The van der Waals surface area contributed by atoms with Crippen LogP contribution in [-0.4, -0.2) is 33.5 Å². The van der Waals surface area contributed by atoms with Crippen molar-refractivity contribution < 1.29 is 18.8 Å². The van der Waals surface area contributed by atoms with Crippen molar-refractivity contribution in [2.24, 2.45) is 0 Å². The number of benzene rings is 5. The van der Waals surface area contributed by atoms with Gasteiger partial charge in [-0.15, -0.1) is 0 Å². The number of rotatable bonds is 10. The quantitative estimate of drug-likeness (QED) is 0.157. The first-order valence-electron chi connectivity index (χ1n) is 15.4. The standard InChI is InChI=1S/C39H37BO4/c1-41-38(30-20-10-4-11-21-30,31-22-12-5-13-23-31)36-37(44-40(43-36)35-28-34(35)29-18-8-3-9-19-29)39(42-2,32-24-14-6-15-25-32)33-26-16-7-17-27-33/h3-27,34-37H,28H2,1-2H3/t34-,35+,36-,37-/m1/s1. The van der Waals surface area contributed by atoms with E-state index in [0.29, 0.717) is 5.92 Å². The summed E-state index contributed by atoms with van der Waals surface area (Å²) in [4.78, 5) is 0. The Bertz CT molecular complexity index is 1460. The first-order chi connectivity index (χ1) is 21.7. The van der Waals surface area contributed by atoms with Gasteiger partial charge in [0.05, 0.1) is 0 Å². The minimum absolute atomic E-state index is 0.215. The van der Waals surface area contributed by atoms with E-state index in [2.05, 4.69) is 127 Å². The Balaban J connectivity index is 1.44. The molecule has 220 valence electrons. The van der Waals surface area contributed by atoms with Crippen LogP contribution >= 0.6 is 0 Å². The molecule has 1 heterocycles. The predicted octanol–water partition coefficient (Wildman–Crippen LogP) is 8.00. The minimum atomic E-state index is -0.994.